The van der Waals surface area contributed by atoms with Gasteiger partial charge in [-0.25, -0.2) is 4.98 Å². The van der Waals surface area contributed by atoms with Gasteiger partial charge in [0, 0.05) is 37.9 Å². The summed E-state index contributed by atoms with van der Waals surface area (Å²) >= 11 is 6.57. The van der Waals surface area contributed by atoms with Gasteiger partial charge < -0.3 is 25.1 Å². The van der Waals surface area contributed by atoms with Crippen molar-refractivity contribution in [1.29, 1.82) is 0 Å². The number of anilines is 3. The molecule has 9 nitrogen and oxygen atoms in total. The third-order valence-electron chi connectivity index (χ3n) is 6.09. The average molecular weight is 496 g/mol. The summed E-state index contributed by atoms with van der Waals surface area (Å²) in [6, 6.07) is 5.99. The van der Waals surface area contributed by atoms with E-state index in [1.54, 1.807) is 6.33 Å². The zero-order valence-corrected chi connectivity index (χ0v) is 20.7. The molecule has 5 rings (SSSR count). The summed E-state index contributed by atoms with van der Waals surface area (Å²) in [5, 5.41) is 7.29. The smallest absolute Gasteiger partial charge is 0.231 e. The molecule has 2 aliphatic heterocycles. The Labute approximate surface area is 210 Å². The van der Waals surface area contributed by atoms with Crippen LogP contribution in [0.1, 0.15) is 32.3 Å². The van der Waals surface area contributed by atoms with E-state index < -0.39 is 0 Å². The van der Waals surface area contributed by atoms with Crippen LogP contribution in [0.2, 0.25) is 5.02 Å². The topological polar surface area (TPSA) is 100 Å². The first kappa shape index (κ1) is 23.8. The standard InChI is InChI=1S/C25H30ClN7O2/c1-16-13-33(14-17(2)35-16)9-3-4-18-5-6-21(20(26)12-18)30-25-31-23-22(27-15-28-23)24(32-25)29-19-7-10-34-11-8-19/h5-6,12,15-17,19H,7-11,13-14H2,1-2H3,(H3,27,28,29,30,31,32). The van der Waals surface area contributed by atoms with Crippen LogP contribution in [0.15, 0.2) is 24.5 Å². The molecule has 0 radical (unpaired) electrons. The van der Waals surface area contributed by atoms with Crippen LogP contribution in [-0.4, -0.2) is 75.9 Å². The summed E-state index contributed by atoms with van der Waals surface area (Å²) in [6.45, 7) is 8.18. The molecule has 4 heterocycles. The number of rotatable bonds is 5. The Morgan fingerprint density at radius 2 is 1.97 bits per heavy atom. The second-order valence-corrected chi connectivity index (χ2v) is 9.51. The SMILES string of the molecule is CC1CN(CC#Cc2ccc(Nc3nc(NC4CCOCC4)c4[nH]cnc4n3)c(Cl)c2)CC(C)O1. The Kier molecular flexibility index (Phi) is 7.35. The predicted molar refractivity (Wildman–Crippen MR) is 137 cm³/mol. The van der Waals surface area contributed by atoms with Crippen LogP contribution in [0.4, 0.5) is 17.5 Å². The molecule has 0 spiro atoms. The lowest BCUT2D eigenvalue weighted by atomic mass is 10.1. The fourth-order valence-corrected chi connectivity index (χ4v) is 4.74. The molecule has 3 aromatic rings. The second-order valence-electron chi connectivity index (χ2n) is 9.10. The molecular formula is C25H30ClN7O2. The summed E-state index contributed by atoms with van der Waals surface area (Å²) < 4.78 is 11.2. The molecule has 0 bridgehead atoms. The Balaban J connectivity index is 1.28. The normalized spacial score (nSPS) is 21.5. The fourth-order valence-electron chi connectivity index (χ4n) is 4.51. The molecule has 35 heavy (non-hydrogen) atoms. The number of halogens is 1. The van der Waals surface area contributed by atoms with Crippen molar-refractivity contribution in [2.75, 3.05) is 43.5 Å². The van der Waals surface area contributed by atoms with Crippen LogP contribution in [-0.2, 0) is 9.47 Å². The van der Waals surface area contributed by atoms with Gasteiger partial charge in [-0.05, 0) is 44.9 Å². The van der Waals surface area contributed by atoms with E-state index in [1.165, 1.54) is 0 Å². The van der Waals surface area contributed by atoms with Gasteiger partial charge in [0.15, 0.2) is 11.5 Å². The van der Waals surface area contributed by atoms with Crippen LogP contribution in [0.25, 0.3) is 11.2 Å². The van der Waals surface area contributed by atoms with E-state index >= 15 is 0 Å². The highest BCUT2D eigenvalue weighted by Crippen LogP contribution is 2.28. The van der Waals surface area contributed by atoms with Gasteiger partial charge in [0.25, 0.3) is 0 Å². The van der Waals surface area contributed by atoms with Gasteiger partial charge in [-0.1, -0.05) is 23.4 Å². The number of morpholine rings is 1. The number of imidazole rings is 1. The van der Waals surface area contributed by atoms with Crippen molar-refractivity contribution in [1.82, 2.24) is 24.8 Å². The number of aromatic nitrogens is 4. The van der Waals surface area contributed by atoms with E-state index in [1.807, 2.05) is 18.2 Å². The summed E-state index contributed by atoms with van der Waals surface area (Å²) in [7, 11) is 0. The maximum atomic E-state index is 6.57. The van der Waals surface area contributed by atoms with Crippen molar-refractivity contribution >= 4 is 40.2 Å². The number of aromatic amines is 1. The molecule has 1 aromatic carbocycles. The first-order valence-corrected chi connectivity index (χ1v) is 12.4. The maximum Gasteiger partial charge on any atom is 0.231 e. The molecule has 0 amide bonds. The van der Waals surface area contributed by atoms with E-state index in [4.69, 9.17) is 26.1 Å². The zero-order valence-electron chi connectivity index (χ0n) is 20.0. The van der Waals surface area contributed by atoms with E-state index in [0.29, 0.717) is 40.7 Å². The molecule has 2 aliphatic rings. The molecule has 2 aromatic heterocycles. The van der Waals surface area contributed by atoms with Crippen molar-refractivity contribution in [3.05, 3.63) is 35.1 Å². The molecule has 184 valence electrons. The van der Waals surface area contributed by atoms with Crippen molar-refractivity contribution < 1.29 is 9.47 Å². The summed E-state index contributed by atoms with van der Waals surface area (Å²) in [4.78, 5) is 19.0. The first-order chi connectivity index (χ1) is 17.0. The van der Waals surface area contributed by atoms with Gasteiger partial charge in [0.1, 0.15) is 5.52 Å². The van der Waals surface area contributed by atoms with Gasteiger partial charge in [-0.3, -0.25) is 4.90 Å². The van der Waals surface area contributed by atoms with Crippen LogP contribution in [0.3, 0.4) is 0 Å². The number of nitrogens with one attached hydrogen (secondary N) is 3. The van der Waals surface area contributed by atoms with Crippen LogP contribution in [0.5, 0.6) is 0 Å². The number of ether oxygens (including phenoxy) is 2. The van der Waals surface area contributed by atoms with E-state index in [9.17, 15) is 0 Å². The molecule has 2 atom stereocenters. The minimum absolute atomic E-state index is 0.232. The number of fused-ring (bicyclic) bond motifs is 1. The Morgan fingerprint density at radius 3 is 2.74 bits per heavy atom. The quantitative estimate of drug-likeness (QED) is 0.459. The fraction of sp³-hybridized carbons (Fsp3) is 0.480. The minimum Gasteiger partial charge on any atom is -0.381 e. The minimum atomic E-state index is 0.232. The molecule has 0 saturated carbocycles. The van der Waals surface area contributed by atoms with Gasteiger partial charge in [0.05, 0.1) is 35.8 Å². The number of hydrogen-bond donors (Lipinski definition) is 3. The Hall–Kier alpha value is -2.90. The molecule has 2 unspecified atom stereocenters. The van der Waals surface area contributed by atoms with Gasteiger partial charge >= 0.3 is 0 Å². The first-order valence-electron chi connectivity index (χ1n) is 12.0. The van der Waals surface area contributed by atoms with E-state index in [-0.39, 0.29) is 12.2 Å². The molecule has 0 aliphatic carbocycles. The predicted octanol–water partition coefficient (Wildman–Crippen LogP) is 3.80. The highest BCUT2D eigenvalue weighted by molar-refractivity contribution is 6.33. The Morgan fingerprint density at radius 1 is 1.17 bits per heavy atom. The van der Waals surface area contributed by atoms with Crippen molar-refractivity contribution in [2.45, 2.75) is 44.9 Å². The highest BCUT2D eigenvalue weighted by atomic mass is 35.5. The van der Waals surface area contributed by atoms with Crippen molar-refractivity contribution in [3.63, 3.8) is 0 Å². The van der Waals surface area contributed by atoms with Gasteiger partial charge in [-0.2, -0.15) is 9.97 Å². The summed E-state index contributed by atoms with van der Waals surface area (Å²) in [5.74, 6) is 7.62. The third kappa shape index (κ3) is 6.03. The van der Waals surface area contributed by atoms with Crippen LogP contribution < -0.4 is 10.6 Å². The monoisotopic (exact) mass is 495 g/mol. The lowest BCUT2D eigenvalue weighted by molar-refractivity contribution is -0.0640. The Bertz CT molecular complexity index is 1220. The van der Waals surface area contributed by atoms with Crippen molar-refractivity contribution in [3.8, 4) is 11.8 Å². The van der Waals surface area contributed by atoms with Crippen LogP contribution >= 0.6 is 11.6 Å². The van der Waals surface area contributed by atoms with Crippen molar-refractivity contribution in [2.24, 2.45) is 0 Å². The van der Waals surface area contributed by atoms with Gasteiger partial charge in [0.2, 0.25) is 5.95 Å². The number of benzene rings is 1. The molecular weight excluding hydrogens is 466 g/mol. The number of H-pyrrole nitrogens is 1. The number of nitrogens with zero attached hydrogens (tertiary/aromatic N) is 4. The molecule has 10 heteroatoms. The summed E-state index contributed by atoms with van der Waals surface area (Å²) in [6.07, 6.45) is 3.95. The number of hydrogen-bond acceptors (Lipinski definition) is 8. The van der Waals surface area contributed by atoms with E-state index in [2.05, 4.69) is 56.2 Å². The second kappa shape index (κ2) is 10.8. The molecule has 2 fully saturated rings. The van der Waals surface area contributed by atoms with E-state index in [0.717, 1.165) is 50.2 Å². The lowest BCUT2D eigenvalue weighted by Gasteiger charge is -2.34. The zero-order chi connectivity index (χ0) is 24.2. The molecule has 2 saturated heterocycles. The highest BCUT2D eigenvalue weighted by Gasteiger charge is 2.21. The third-order valence-corrected chi connectivity index (χ3v) is 6.41. The molecule has 3 N–H and O–H groups in total. The summed E-state index contributed by atoms with van der Waals surface area (Å²) in [5.41, 5.74) is 2.94. The largest absolute Gasteiger partial charge is 0.381 e. The average Bonchev–Trinajstić information content (AvgIpc) is 3.30. The maximum absolute atomic E-state index is 6.57. The van der Waals surface area contributed by atoms with Crippen LogP contribution in [0, 0.1) is 11.8 Å². The lowest BCUT2D eigenvalue weighted by Crippen LogP contribution is -2.45. The van der Waals surface area contributed by atoms with Gasteiger partial charge in [-0.15, -0.1) is 0 Å².